The van der Waals surface area contributed by atoms with Crippen LogP contribution in [0.1, 0.15) is 35.2 Å². The van der Waals surface area contributed by atoms with E-state index in [0.717, 1.165) is 25.0 Å². The van der Waals surface area contributed by atoms with E-state index < -0.39 is 23.2 Å². The van der Waals surface area contributed by atoms with Gasteiger partial charge in [-0.2, -0.15) is 13.2 Å². The third kappa shape index (κ3) is 3.99. The summed E-state index contributed by atoms with van der Waals surface area (Å²) >= 11 is 0. The van der Waals surface area contributed by atoms with E-state index in [1.54, 1.807) is 4.90 Å². The molecule has 0 spiro atoms. The number of likely N-dealkylation sites (tertiary alicyclic amines) is 1. The quantitative estimate of drug-likeness (QED) is 0.928. The smallest absolute Gasteiger partial charge is 0.352 e. The lowest BCUT2D eigenvalue weighted by Gasteiger charge is -2.16. The number of alkyl halides is 3. The molecule has 0 unspecified atom stereocenters. The molecule has 1 heterocycles. The highest BCUT2D eigenvalue weighted by molar-refractivity contribution is 5.96. The maximum absolute atomic E-state index is 12.8. The van der Waals surface area contributed by atoms with Crippen molar-refractivity contribution in [2.24, 2.45) is 0 Å². The highest BCUT2D eigenvalue weighted by Crippen LogP contribution is 2.31. The van der Waals surface area contributed by atoms with Gasteiger partial charge in [0.2, 0.25) is 5.91 Å². The van der Waals surface area contributed by atoms with Crippen LogP contribution in [0.2, 0.25) is 0 Å². The van der Waals surface area contributed by atoms with E-state index >= 15 is 0 Å². The van der Waals surface area contributed by atoms with Crippen molar-refractivity contribution in [1.29, 1.82) is 0 Å². The molecule has 120 valence electrons. The molecule has 0 radical (unpaired) electrons. The van der Waals surface area contributed by atoms with Crippen LogP contribution in [-0.4, -0.2) is 36.3 Å². The number of hydrogen-bond donors (Lipinski definition) is 1. The van der Waals surface area contributed by atoms with Crippen molar-refractivity contribution in [2.75, 3.05) is 19.6 Å². The Kier molecular flexibility index (Phi) is 5.05. The molecule has 1 aromatic carbocycles. The molecule has 1 aromatic rings. The van der Waals surface area contributed by atoms with E-state index in [2.05, 4.69) is 5.32 Å². The molecule has 7 heteroatoms. The van der Waals surface area contributed by atoms with E-state index in [1.807, 2.05) is 0 Å². The van der Waals surface area contributed by atoms with Gasteiger partial charge in [-0.25, -0.2) is 0 Å². The van der Waals surface area contributed by atoms with Crippen LogP contribution in [0.4, 0.5) is 13.2 Å². The first-order valence-electron chi connectivity index (χ1n) is 7.12. The fraction of sp³-hybridized carbons (Fsp3) is 0.467. The van der Waals surface area contributed by atoms with E-state index in [4.69, 9.17) is 0 Å². The predicted octanol–water partition coefficient (Wildman–Crippen LogP) is 2.45. The van der Waals surface area contributed by atoms with Crippen LogP contribution in [0.15, 0.2) is 24.3 Å². The van der Waals surface area contributed by atoms with Crippen molar-refractivity contribution < 1.29 is 22.8 Å². The molecule has 1 saturated heterocycles. The predicted molar refractivity (Wildman–Crippen MR) is 74.2 cm³/mol. The van der Waals surface area contributed by atoms with Gasteiger partial charge >= 0.3 is 6.18 Å². The number of benzene rings is 1. The average molecular weight is 314 g/mol. The lowest BCUT2D eigenvalue weighted by Crippen LogP contribution is -2.33. The highest BCUT2D eigenvalue weighted by atomic mass is 19.4. The first kappa shape index (κ1) is 16.3. The summed E-state index contributed by atoms with van der Waals surface area (Å²) in [6, 6.07) is 4.60. The minimum atomic E-state index is -4.58. The lowest BCUT2D eigenvalue weighted by atomic mass is 10.1. The standard InChI is InChI=1S/C15H17F3N2O2/c16-15(17,18)12-6-2-1-5-11(12)14(22)19-8-7-13(21)20-9-3-4-10-20/h1-2,5-6H,3-4,7-10H2,(H,19,22). The Hall–Kier alpha value is -2.05. The topological polar surface area (TPSA) is 49.4 Å². The van der Waals surface area contributed by atoms with Crippen LogP contribution in [0.3, 0.4) is 0 Å². The summed E-state index contributed by atoms with van der Waals surface area (Å²) in [5.74, 6) is -0.899. The Bertz CT molecular complexity index is 552. The molecule has 2 amide bonds. The molecule has 1 aliphatic rings. The number of carbonyl (C=O) groups excluding carboxylic acids is 2. The van der Waals surface area contributed by atoms with E-state index in [-0.39, 0.29) is 18.9 Å². The molecule has 0 bridgehead atoms. The average Bonchev–Trinajstić information content (AvgIpc) is 3.00. The maximum Gasteiger partial charge on any atom is 0.417 e. The summed E-state index contributed by atoms with van der Waals surface area (Å²) < 4.78 is 38.5. The molecule has 0 saturated carbocycles. The summed E-state index contributed by atoms with van der Waals surface area (Å²) in [6.45, 7) is 1.45. The number of halogens is 3. The number of carbonyl (C=O) groups is 2. The van der Waals surface area contributed by atoms with Gasteiger partial charge in [-0.3, -0.25) is 9.59 Å². The Morgan fingerprint density at radius 2 is 1.77 bits per heavy atom. The monoisotopic (exact) mass is 314 g/mol. The fourth-order valence-electron chi connectivity index (χ4n) is 2.43. The molecule has 1 aliphatic heterocycles. The van der Waals surface area contributed by atoms with Crippen LogP contribution in [0.5, 0.6) is 0 Å². The Balaban J connectivity index is 1.91. The Morgan fingerprint density at radius 3 is 2.41 bits per heavy atom. The number of nitrogens with one attached hydrogen (secondary N) is 1. The number of hydrogen-bond acceptors (Lipinski definition) is 2. The van der Waals surface area contributed by atoms with Crippen LogP contribution in [0.25, 0.3) is 0 Å². The fourth-order valence-corrected chi connectivity index (χ4v) is 2.43. The van der Waals surface area contributed by atoms with Crippen LogP contribution < -0.4 is 5.32 Å². The van der Waals surface area contributed by atoms with Crippen molar-refractivity contribution in [3.05, 3.63) is 35.4 Å². The van der Waals surface area contributed by atoms with Gasteiger partial charge in [-0.05, 0) is 25.0 Å². The molecule has 1 fully saturated rings. The van der Waals surface area contributed by atoms with Crippen molar-refractivity contribution in [1.82, 2.24) is 10.2 Å². The first-order valence-corrected chi connectivity index (χ1v) is 7.12. The van der Waals surface area contributed by atoms with Gasteiger partial charge in [-0.15, -0.1) is 0 Å². The second-order valence-electron chi connectivity index (χ2n) is 5.14. The molecule has 4 nitrogen and oxygen atoms in total. The van der Waals surface area contributed by atoms with Gasteiger partial charge in [0.15, 0.2) is 0 Å². The minimum Gasteiger partial charge on any atom is -0.352 e. The zero-order valence-electron chi connectivity index (χ0n) is 11.9. The molecule has 0 aromatic heterocycles. The van der Waals surface area contributed by atoms with Crippen molar-refractivity contribution >= 4 is 11.8 Å². The van der Waals surface area contributed by atoms with E-state index in [9.17, 15) is 22.8 Å². The second kappa shape index (κ2) is 6.81. The minimum absolute atomic E-state index is 0.0281. The maximum atomic E-state index is 12.8. The summed E-state index contributed by atoms with van der Waals surface area (Å²) in [4.78, 5) is 25.4. The van der Waals surface area contributed by atoms with Crippen molar-refractivity contribution in [3.8, 4) is 0 Å². The SMILES string of the molecule is O=C(NCCC(=O)N1CCCC1)c1ccccc1C(F)(F)F. The number of rotatable bonds is 4. The normalized spacial score (nSPS) is 15.0. The summed E-state index contributed by atoms with van der Waals surface area (Å²) in [5.41, 5.74) is -1.40. The zero-order valence-corrected chi connectivity index (χ0v) is 11.9. The molecular formula is C15H17F3N2O2. The Morgan fingerprint density at radius 1 is 1.14 bits per heavy atom. The van der Waals surface area contributed by atoms with Crippen LogP contribution in [-0.2, 0) is 11.0 Å². The molecule has 0 atom stereocenters. The molecule has 0 aliphatic carbocycles. The van der Waals surface area contributed by atoms with E-state index in [1.165, 1.54) is 12.1 Å². The van der Waals surface area contributed by atoms with Gasteiger partial charge in [0, 0.05) is 26.1 Å². The van der Waals surface area contributed by atoms with Gasteiger partial charge in [0.1, 0.15) is 0 Å². The molecule has 22 heavy (non-hydrogen) atoms. The van der Waals surface area contributed by atoms with Gasteiger partial charge in [0.05, 0.1) is 11.1 Å². The highest BCUT2D eigenvalue weighted by Gasteiger charge is 2.34. The number of amides is 2. The van der Waals surface area contributed by atoms with E-state index in [0.29, 0.717) is 13.1 Å². The molecular weight excluding hydrogens is 297 g/mol. The van der Waals surface area contributed by atoms with Gasteiger partial charge < -0.3 is 10.2 Å². The second-order valence-corrected chi connectivity index (χ2v) is 5.14. The van der Waals surface area contributed by atoms with Crippen LogP contribution in [0, 0.1) is 0 Å². The van der Waals surface area contributed by atoms with Crippen molar-refractivity contribution in [3.63, 3.8) is 0 Å². The third-order valence-corrected chi connectivity index (χ3v) is 3.56. The van der Waals surface area contributed by atoms with Crippen molar-refractivity contribution in [2.45, 2.75) is 25.4 Å². The zero-order chi connectivity index (χ0) is 16.2. The summed E-state index contributed by atoms with van der Waals surface area (Å²) in [7, 11) is 0. The summed E-state index contributed by atoms with van der Waals surface area (Å²) in [5, 5.41) is 2.38. The van der Waals surface area contributed by atoms with Crippen LogP contribution >= 0.6 is 0 Å². The lowest BCUT2D eigenvalue weighted by molar-refractivity contribution is -0.138. The Labute approximate surface area is 126 Å². The largest absolute Gasteiger partial charge is 0.417 e. The molecule has 1 N–H and O–H groups in total. The molecule has 2 rings (SSSR count). The first-order chi connectivity index (χ1) is 10.4. The van der Waals surface area contributed by atoms with Gasteiger partial charge in [-0.1, -0.05) is 12.1 Å². The van der Waals surface area contributed by atoms with Gasteiger partial charge in [0.25, 0.3) is 5.91 Å². The number of nitrogens with zero attached hydrogens (tertiary/aromatic N) is 1. The summed E-state index contributed by atoms with van der Waals surface area (Å²) in [6.07, 6.45) is -2.55. The third-order valence-electron chi connectivity index (χ3n) is 3.56.